The van der Waals surface area contributed by atoms with Crippen LogP contribution in [0.15, 0.2) is 27.8 Å². The molecule has 0 spiro atoms. The van der Waals surface area contributed by atoms with Crippen LogP contribution >= 0.6 is 0 Å². The van der Waals surface area contributed by atoms with E-state index in [4.69, 9.17) is 4.42 Å². The predicted octanol–water partition coefficient (Wildman–Crippen LogP) is 1.71. The fraction of sp³-hybridized carbons (Fsp3) is 0.500. The van der Waals surface area contributed by atoms with Crippen LogP contribution in [0.4, 0.5) is 0 Å². The Morgan fingerprint density at radius 1 is 1.56 bits per heavy atom. The summed E-state index contributed by atoms with van der Waals surface area (Å²) in [4.78, 5) is 17.5. The minimum Gasteiger partial charge on any atom is -0.463 e. The van der Waals surface area contributed by atoms with Crippen LogP contribution in [0.5, 0.6) is 0 Å². The van der Waals surface area contributed by atoms with Gasteiger partial charge in [0.15, 0.2) is 0 Å². The average Bonchev–Trinajstić information content (AvgIpc) is 2.90. The van der Waals surface area contributed by atoms with Crippen LogP contribution in [0.25, 0.3) is 0 Å². The summed E-state index contributed by atoms with van der Waals surface area (Å²) in [5, 5.41) is 0. The average molecular weight is 220 g/mol. The maximum atomic E-state index is 11.3. The maximum absolute atomic E-state index is 11.3. The quantitative estimate of drug-likeness (QED) is 0.560. The first kappa shape index (κ1) is 10.9. The van der Waals surface area contributed by atoms with Crippen LogP contribution in [0, 0.1) is 0 Å². The van der Waals surface area contributed by atoms with Crippen molar-refractivity contribution in [1.29, 1.82) is 0 Å². The third kappa shape index (κ3) is 2.95. The van der Waals surface area contributed by atoms with Crippen molar-refractivity contribution in [3.63, 3.8) is 0 Å². The second-order valence-corrected chi connectivity index (χ2v) is 3.89. The smallest absolute Gasteiger partial charge is 0.222 e. The number of likely N-dealkylation sites (tertiary alicyclic amines) is 1. The molecule has 2 rings (SSSR count). The molecule has 1 aliphatic heterocycles. The fourth-order valence-electron chi connectivity index (χ4n) is 1.81. The van der Waals surface area contributed by atoms with E-state index in [-0.39, 0.29) is 5.91 Å². The van der Waals surface area contributed by atoms with Crippen molar-refractivity contribution in [2.75, 3.05) is 19.6 Å². The monoisotopic (exact) mass is 220 g/mol. The molecule has 1 fully saturated rings. The van der Waals surface area contributed by atoms with E-state index in [2.05, 4.69) is 4.99 Å². The molecule has 0 atom stereocenters. The van der Waals surface area contributed by atoms with Crippen LogP contribution in [-0.2, 0) is 4.79 Å². The van der Waals surface area contributed by atoms with Crippen LogP contribution in [-0.4, -0.2) is 36.7 Å². The molecule has 2 heterocycles. The lowest BCUT2D eigenvalue weighted by Gasteiger charge is -2.13. The van der Waals surface area contributed by atoms with E-state index in [1.807, 2.05) is 17.0 Å². The standard InChI is InChI=1S/C12H16N2O2/c15-12-5-1-7-14(12)8-3-6-13-10-11-4-2-9-16-11/h2,4,9-10H,1,3,5-8H2. The van der Waals surface area contributed by atoms with Gasteiger partial charge in [0, 0.05) is 26.1 Å². The molecule has 1 aliphatic rings. The highest BCUT2D eigenvalue weighted by Crippen LogP contribution is 2.09. The van der Waals surface area contributed by atoms with E-state index < -0.39 is 0 Å². The number of rotatable bonds is 5. The summed E-state index contributed by atoms with van der Waals surface area (Å²) < 4.78 is 5.12. The number of hydrogen-bond acceptors (Lipinski definition) is 3. The van der Waals surface area contributed by atoms with Crippen LogP contribution in [0.1, 0.15) is 25.0 Å². The molecule has 0 aliphatic carbocycles. The first-order chi connectivity index (χ1) is 7.86. The maximum Gasteiger partial charge on any atom is 0.222 e. The van der Waals surface area contributed by atoms with Crippen LogP contribution in [0.3, 0.4) is 0 Å². The Morgan fingerprint density at radius 3 is 3.19 bits per heavy atom. The van der Waals surface area contributed by atoms with Crippen molar-refractivity contribution < 1.29 is 9.21 Å². The largest absolute Gasteiger partial charge is 0.463 e. The molecule has 16 heavy (non-hydrogen) atoms. The van der Waals surface area contributed by atoms with Gasteiger partial charge in [-0.25, -0.2) is 0 Å². The Balaban J connectivity index is 1.63. The number of carbonyl (C=O) groups excluding carboxylic acids is 1. The molecule has 4 nitrogen and oxygen atoms in total. The van der Waals surface area contributed by atoms with Gasteiger partial charge in [-0.15, -0.1) is 0 Å². The minimum absolute atomic E-state index is 0.287. The van der Waals surface area contributed by atoms with E-state index in [9.17, 15) is 4.79 Å². The SMILES string of the molecule is O=C1CCCN1CCCN=Cc1ccco1. The second kappa shape index (κ2) is 5.49. The first-order valence-corrected chi connectivity index (χ1v) is 5.67. The molecule has 0 aromatic carbocycles. The molecule has 86 valence electrons. The number of amides is 1. The Morgan fingerprint density at radius 2 is 2.50 bits per heavy atom. The molecule has 0 saturated carbocycles. The molecule has 1 amide bonds. The molecule has 1 saturated heterocycles. The normalized spacial score (nSPS) is 16.5. The molecule has 1 aromatic heterocycles. The van der Waals surface area contributed by atoms with Gasteiger partial charge in [-0.05, 0) is 25.0 Å². The molecule has 0 unspecified atom stereocenters. The Hall–Kier alpha value is -1.58. The molecule has 0 radical (unpaired) electrons. The second-order valence-electron chi connectivity index (χ2n) is 3.89. The zero-order valence-electron chi connectivity index (χ0n) is 9.26. The summed E-state index contributed by atoms with van der Waals surface area (Å²) in [7, 11) is 0. The summed E-state index contributed by atoms with van der Waals surface area (Å²) in [5.41, 5.74) is 0. The summed E-state index contributed by atoms with van der Waals surface area (Å²) in [6.45, 7) is 2.49. The van der Waals surface area contributed by atoms with Gasteiger partial charge in [-0.3, -0.25) is 9.79 Å². The van der Waals surface area contributed by atoms with Crippen LogP contribution in [0.2, 0.25) is 0 Å². The lowest BCUT2D eigenvalue weighted by molar-refractivity contribution is -0.127. The topological polar surface area (TPSA) is 45.8 Å². The summed E-state index contributed by atoms with van der Waals surface area (Å²) in [6, 6.07) is 3.71. The highest BCUT2D eigenvalue weighted by atomic mass is 16.3. The summed E-state index contributed by atoms with van der Waals surface area (Å²) >= 11 is 0. The lowest BCUT2D eigenvalue weighted by atomic mass is 10.4. The van der Waals surface area contributed by atoms with Crippen molar-refractivity contribution in [2.24, 2.45) is 4.99 Å². The molecule has 0 N–H and O–H groups in total. The third-order valence-electron chi connectivity index (χ3n) is 2.65. The Kier molecular flexibility index (Phi) is 3.75. The highest BCUT2D eigenvalue weighted by Gasteiger charge is 2.18. The molecular weight excluding hydrogens is 204 g/mol. The number of nitrogens with zero attached hydrogens (tertiary/aromatic N) is 2. The van der Waals surface area contributed by atoms with Gasteiger partial charge in [0.25, 0.3) is 0 Å². The number of aliphatic imine (C=N–C) groups is 1. The number of hydrogen-bond donors (Lipinski definition) is 0. The van der Waals surface area contributed by atoms with Crippen LogP contribution < -0.4 is 0 Å². The van der Waals surface area contributed by atoms with Crippen molar-refractivity contribution in [2.45, 2.75) is 19.3 Å². The predicted molar refractivity (Wildman–Crippen MR) is 61.6 cm³/mol. The van der Waals surface area contributed by atoms with E-state index in [1.54, 1.807) is 12.5 Å². The van der Waals surface area contributed by atoms with Crippen molar-refractivity contribution in [3.05, 3.63) is 24.2 Å². The van der Waals surface area contributed by atoms with Gasteiger partial charge in [0.1, 0.15) is 5.76 Å². The van der Waals surface area contributed by atoms with Gasteiger partial charge < -0.3 is 9.32 Å². The Labute approximate surface area is 95.0 Å². The summed E-state index contributed by atoms with van der Waals surface area (Å²) in [6.07, 6.45) is 6.00. The van der Waals surface area contributed by atoms with E-state index in [0.717, 1.165) is 44.7 Å². The third-order valence-corrected chi connectivity index (χ3v) is 2.65. The van der Waals surface area contributed by atoms with Gasteiger partial charge in [-0.2, -0.15) is 0 Å². The molecular formula is C12H16N2O2. The zero-order chi connectivity index (χ0) is 11.2. The van der Waals surface area contributed by atoms with E-state index in [1.165, 1.54) is 0 Å². The van der Waals surface area contributed by atoms with Gasteiger partial charge in [0.2, 0.25) is 5.91 Å². The molecule has 4 heteroatoms. The minimum atomic E-state index is 0.287. The van der Waals surface area contributed by atoms with Gasteiger partial charge in [0.05, 0.1) is 12.5 Å². The zero-order valence-corrected chi connectivity index (χ0v) is 9.26. The number of furan rings is 1. The van der Waals surface area contributed by atoms with E-state index in [0.29, 0.717) is 0 Å². The van der Waals surface area contributed by atoms with Gasteiger partial charge in [-0.1, -0.05) is 0 Å². The van der Waals surface area contributed by atoms with Crippen molar-refractivity contribution in [3.8, 4) is 0 Å². The summed E-state index contributed by atoms with van der Waals surface area (Å²) in [5.74, 6) is 1.06. The molecule has 0 bridgehead atoms. The lowest BCUT2D eigenvalue weighted by Crippen LogP contribution is -2.26. The molecule has 1 aromatic rings. The van der Waals surface area contributed by atoms with Gasteiger partial charge >= 0.3 is 0 Å². The van der Waals surface area contributed by atoms with E-state index >= 15 is 0 Å². The number of carbonyl (C=O) groups is 1. The first-order valence-electron chi connectivity index (χ1n) is 5.67. The fourth-order valence-corrected chi connectivity index (χ4v) is 1.81. The van der Waals surface area contributed by atoms with Crippen molar-refractivity contribution in [1.82, 2.24) is 4.90 Å². The Bertz CT molecular complexity index is 357. The van der Waals surface area contributed by atoms with Crippen molar-refractivity contribution >= 4 is 12.1 Å². The highest BCUT2D eigenvalue weighted by molar-refractivity contribution is 5.78.